The van der Waals surface area contributed by atoms with E-state index in [9.17, 15) is 23.2 Å². The van der Waals surface area contributed by atoms with Crippen molar-refractivity contribution in [1.29, 1.82) is 0 Å². The molecule has 11 heteroatoms. The number of aromatic amines is 1. The fourth-order valence-corrected chi connectivity index (χ4v) is 5.86. The van der Waals surface area contributed by atoms with Crippen molar-refractivity contribution in [1.82, 2.24) is 19.6 Å². The lowest BCUT2D eigenvalue weighted by Gasteiger charge is -2.32. The van der Waals surface area contributed by atoms with Gasteiger partial charge in [-0.15, -0.1) is 0 Å². The summed E-state index contributed by atoms with van der Waals surface area (Å²) in [5.41, 5.74) is 1.84. The van der Waals surface area contributed by atoms with Gasteiger partial charge in [0.2, 0.25) is 10.0 Å². The molecule has 1 aliphatic heterocycles. The Balaban J connectivity index is 1.55. The van der Waals surface area contributed by atoms with Gasteiger partial charge in [-0.25, -0.2) is 18.6 Å². The quantitative estimate of drug-likeness (QED) is 0.272. The average molecular weight is 507 g/mol. The topological polar surface area (TPSA) is 134 Å². The van der Waals surface area contributed by atoms with Gasteiger partial charge in [0.25, 0.3) is 11.5 Å². The van der Waals surface area contributed by atoms with E-state index < -0.39 is 27.5 Å². The maximum Gasteiger partial charge on any atom is 0.276 e. The number of carbonyl (C=O) groups excluding carboxylic acids is 1. The van der Waals surface area contributed by atoms with Crippen LogP contribution < -0.4 is 15.8 Å². The summed E-state index contributed by atoms with van der Waals surface area (Å²) in [4.78, 5) is 26.0. The Morgan fingerprint density at radius 3 is 2.33 bits per heavy atom. The van der Waals surface area contributed by atoms with Crippen molar-refractivity contribution in [3.63, 3.8) is 0 Å². The second-order valence-corrected chi connectivity index (χ2v) is 10.0. The normalized spacial score (nSPS) is 15.8. The number of carbonyl (C=O) groups is 1. The summed E-state index contributed by atoms with van der Waals surface area (Å²) in [7, 11) is -4.28. The number of hydrogen-bond acceptors (Lipinski definition) is 6. The van der Waals surface area contributed by atoms with E-state index in [2.05, 4.69) is 5.10 Å². The molecule has 10 nitrogen and oxygen atoms in total. The lowest BCUT2D eigenvalue weighted by molar-refractivity contribution is -0.133. The van der Waals surface area contributed by atoms with E-state index in [4.69, 9.17) is 4.74 Å². The maximum absolute atomic E-state index is 13.7. The molecule has 0 bridgehead atoms. The Kier molecular flexibility index (Phi) is 6.18. The van der Waals surface area contributed by atoms with Gasteiger partial charge in [0.05, 0.1) is 16.1 Å². The summed E-state index contributed by atoms with van der Waals surface area (Å²) < 4.78 is 35.4. The van der Waals surface area contributed by atoms with Crippen LogP contribution in [0.15, 0.2) is 94.6 Å². The SMILES string of the molecule is O=C(NO)C1c2c([nH]n(-c3ccccc3)c2=O)CCN1S(=O)(=O)c1cccc(Oc2ccccc2)c1. The van der Waals surface area contributed by atoms with Crippen LogP contribution in [0.5, 0.6) is 11.5 Å². The Hall–Kier alpha value is -4.19. The molecule has 0 aliphatic carbocycles. The smallest absolute Gasteiger partial charge is 0.276 e. The monoisotopic (exact) mass is 506 g/mol. The van der Waals surface area contributed by atoms with Gasteiger partial charge in [-0.3, -0.25) is 19.9 Å². The summed E-state index contributed by atoms with van der Waals surface area (Å²) in [6.45, 7) is -0.0913. The number of nitrogens with zero attached hydrogens (tertiary/aromatic N) is 2. The van der Waals surface area contributed by atoms with Crippen LogP contribution in [0.4, 0.5) is 0 Å². The predicted octanol–water partition coefficient (Wildman–Crippen LogP) is 2.75. The summed E-state index contributed by atoms with van der Waals surface area (Å²) in [6.07, 6.45) is 0.166. The Bertz CT molecular complexity index is 1570. The van der Waals surface area contributed by atoms with Gasteiger partial charge in [-0.2, -0.15) is 4.31 Å². The van der Waals surface area contributed by atoms with Crippen LogP contribution in [0.2, 0.25) is 0 Å². The zero-order chi connectivity index (χ0) is 25.3. The van der Waals surface area contributed by atoms with Gasteiger partial charge >= 0.3 is 0 Å². The van der Waals surface area contributed by atoms with Crippen LogP contribution in [-0.2, 0) is 21.2 Å². The third-order valence-corrected chi connectivity index (χ3v) is 7.77. The fraction of sp³-hybridized carbons (Fsp3) is 0.120. The molecule has 1 aliphatic rings. The molecule has 184 valence electrons. The predicted molar refractivity (Wildman–Crippen MR) is 130 cm³/mol. The number of hydrogen-bond donors (Lipinski definition) is 3. The van der Waals surface area contributed by atoms with Gasteiger partial charge in [0, 0.05) is 24.7 Å². The molecule has 3 N–H and O–H groups in total. The van der Waals surface area contributed by atoms with Gasteiger partial charge in [0.1, 0.15) is 17.5 Å². The van der Waals surface area contributed by atoms with E-state index >= 15 is 0 Å². The first kappa shape index (κ1) is 23.5. The van der Waals surface area contributed by atoms with Gasteiger partial charge in [0.15, 0.2) is 0 Å². The van der Waals surface area contributed by atoms with Crippen LogP contribution in [0.1, 0.15) is 17.3 Å². The molecule has 0 saturated heterocycles. The molecule has 2 heterocycles. The van der Waals surface area contributed by atoms with E-state index in [-0.39, 0.29) is 29.2 Å². The van der Waals surface area contributed by atoms with Crippen molar-refractivity contribution < 1.29 is 23.2 Å². The highest BCUT2D eigenvalue weighted by Gasteiger charge is 2.44. The van der Waals surface area contributed by atoms with E-state index in [1.165, 1.54) is 28.4 Å². The first-order valence-electron chi connectivity index (χ1n) is 11.1. The first-order valence-corrected chi connectivity index (χ1v) is 12.5. The van der Waals surface area contributed by atoms with Gasteiger partial charge < -0.3 is 4.74 Å². The number of fused-ring (bicyclic) bond motifs is 1. The van der Waals surface area contributed by atoms with Crippen molar-refractivity contribution in [2.24, 2.45) is 0 Å². The summed E-state index contributed by atoms with van der Waals surface area (Å²) in [6, 6.07) is 21.9. The molecule has 0 spiro atoms. The number of nitrogens with one attached hydrogen (secondary N) is 2. The van der Waals surface area contributed by atoms with Crippen molar-refractivity contribution in [2.75, 3.05) is 6.54 Å². The lowest BCUT2D eigenvalue weighted by Crippen LogP contribution is -2.48. The minimum Gasteiger partial charge on any atom is -0.457 e. The van der Waals surface area contributed by atoms with Crippen LogP contribution in [-0.4, -0.2) is 40.2 Å². The number of para-hydroxylation sites is 2. The molecule has 5 rings (SSSR count). The highest BCUT2D eigenvalue weighted by Crippen LogP contribution is 2.34. The second kappa shape index (κ2) is 9.46. The zero-order valence-electron chi connectivity index (χ0n) is 18.9. The van der Waals surface area contributed by atoms with Crippen molar-refractivity contribution in [2.45, 2.75) is 17.4 Å². The largest absolute Gasteiger partial charge is 0.457 e. The number of ether oxygens (including phenoxy) is 1. The third kappa shape index (κ3) is 4.19. The van der Waals surface area contributed by atoms with Crippen molar-refractivity contribution in [3.05, 3.63) is 107 Å². The second-order valence-electron chi connectivity index (χ2n) is 8.11. The molecule has 0 saturated carbocycles. The third-order valence-electron chi connectivity index (χ3n) is 5.91. The number of H-pyrrole nitrogens is 1. The Labute approximate surface area is 206 Å². The van der Waals surface area contributed by atoms with Crippen molar-refractivity contribution >= 4 is 15.9 Å². The van der Waals surface area contributed by atoms with Crippen LogP contribution in [0.3, 0.4) is 0 Å². The molecule has 1 aromatic heterocycles. The zero-order valence-corrected chi connectivity index (χ0v) is 19.7. The highest BCUT2D eigenvalue weighted by atomic mass is 32.2. The van der Waals surface area contributed by atoms with E-state index in [0.717, 1.165) is 4.31 Å². The molecule has 1 unspecified atom stereocenters. The molecule has 3 aromatic carbocycles. The average Bonchev–Trinajstić information content (AvgIpc) is 3.25. The molecule has 4 aromatic rings. The molecule has 0 radical (unpaired) electrons. The maximum atomic E-state index is 13.7. The molecule has 1 atom stereocenters. The number of amides is 1. The minimum absolute atomic E-state index is 0.0445. The molecular formula is C25H22N4O6S. The van der Waals surface area contributed by atoms with Crippen LogP contribution >= 0.6 is 0 Å². The summed E-state index contributed by atoms with van der Waals surface area (Å²) in [5, 5.41) is 12.4. The van der Waals surface area contributed by atoms with E-state index in [1.54, 1.807) is 60.7 Å². The molecular weight excluding hydrogens is 484 g/mol. The molecule has 1 amide bonds. The van der Waals surface area contributed by atoms with Crippen LogP contribution in [0, 0.1) is 0 Å². The number of rotatable bonds is 6. The first-order chi connectivity index (χ1) is 17.4. The number of benzene rings is 3. The fourth-order valence-electron chi connectivity index (χ4n) is 4.26. The molecule has 36 heavy (non-hydrogen) atoms. The summed E-state index contributed by atoms with van der Waals surface area (Å²) in [5.74, 6) is -0.218. The Morgan fingerprint density at radius 1 is 0.972 bits per heavy atom. The highest BCUT2D eigenvalue weighted by molar-refractivity contribution is 7.89. The lowest BCUT2D eigenvalue weighted by atomic mass is 10.0. The Morgan fingerprint density at radius 2 is 1.64 bits per heavy atom. The minimum atomic E-state index is -4.28. The van der Waals surface area contributed by atoms with E-state index in [0.29, 0.717) is 17.1 Å². The van der Waals surface area contributed by atoms with E-state index in [1.807, 2.05) is 6.07 Å². The van der Waals surface area contributed by atoms with Crippen molar-refractivity contribution in [3.8, 4) is 17.2 Å². The number of hydroxylamine groups is 1. The standard InChI is InChI=1S/C25H22N4O6S/c30-24(27-32)23-22-21(26-29(25(22)31)17-8-3-1-4-9-17)14-15-28(23)36(33,34)20-13-7-12-19(16-20)35-18-10-5-2-6-11-18/h1-13,16,23,26,32H,14-15H2,(H,27,30). The van der Waals surface area contributed by atoms with Gasteiger partial charge in [-0.05, 0) is 36.4 Å². The number of aromatic nitrogens is 2. The van der Waals surface area contributed by atoms with Gasteiger partial charge in [-0.1, -0.05) is 42.5 Å². The molecule has 0 fully saturated rings. The van der Waals surface area contributed by atoms with Crippen LogP contribution in [0.25, 0.3) is 5.69 Å². The number of sulfonamides is 1. The summed E-state index contributed by atoms with van der Waals surface area (Å²) >= 11 is 0.